The van der Waals surface area contributed by atoms with Gasteiger partial charge in [0, 0.05) is 22.4 Å². The largest absolute Gasteiger partial charge is 0.311 e. The Hall–Kier alpha value is 0.620. The van der Waals surface area contributed by atoms with E-state index in [1.54, 1.807) is 11.3 Å². The van der Waals surface area contributed by atoms with Crippen molar-refractivity contribution in [1.82, 2.24) is 5.32 Å². The van der Waals surface area contributed by atoms with Crippen molar-refractivity contribution in [3.8, 4) is 0 Å². The van der Waals surface area contributed by atoms with E-state index in [0.717, 1.165) is 6.54 Å². The smallest absolute Gasteiger partial charge is 0.0843 e. The molecule has 1 N–H and O–H groups in total. The van der Waals surface area contributed by atoms with Gasteiger partial charge in [-0.15, -0.1) is 11.3 Å². The summed E-state index contributed by atoms with van der Waals surface area (Å²) in [7, 11) is 0. The van der Waals surface area contributed by atoms with Gasteiger partial charge in [-0.1, -0.05) is 6.92 Å². The third-order valence-electron chi connectivity index (χ3n) is 3.20. The summed E-state index contributed by atoms with van der Waals surface area (Å²) < 4.78 is 2.36. The van der Waals surface area contributed by atoms with E-state index in [-0.39, 0.29) is 0 Å². The van der Waals surface area contributed by atoms with Crippen molar-refractivity contribution in [2.45, 2.75) is 32.7 Å². The zero-order chi connectivity index (χ0) is 10.9. The summed E-state index contributed by atoms with van der Waals surface area (Å²) in [5.41, 5.74) is 0.645. The molecular formula is C11H15Br2NS. The monoisotopic (exact) mass is 351 g/mol. The van der Waals surface area contributed by atoms with Gasteiger partial charge in [0.2, 0.25) is 0 Å². The maximum absolute atomic E-state index is 3.56. The van der Waals surface area contributed by atoms with Gasteiger partial charge in [-0.25, -0.2) is 0 Å². The molecule has 0 aromatic carbocycles. The van der Waals surface area contributed by atoms with Crippen LogP contribution in [0.25, 0.3) is 0 Å². The number of thiophene rings is 1. The summed E-state index contributed by atoms with van der Waals surface area (Å²) in [6.07, 6.45) is 4.14. The lowest BCUT2D eigenvalue weighted by Gasteiger charge is -2.12. The van der Waals surface area contributed by atoms with Crippen LogP contribution >= 0.6 is 43.2 Å². The van der Waals surface area contributed by atoms with Crippen LogP contribution in [0.2, 0.25) is 0 Å². The maximum Gasteiger partial charge on any atom is 0.0843 e. The van der Waals surface area contributed by atoms with Crippen molar-refractivity contribution in [2.24, 2.45) is 5.41 Å². The number of nitrogens with one attached hydrogen (secondary N) is 1. The molecule has 1 heterocycles. The van der Waals surface area contributed by atoms with Gasteiger partial charge < -0.3 is 5.32 Å². The molecule has 1 aromatic heterocycles. The number of rotatable bonds is 5. The molecule has 0 unspecified atom stereocenters. The van der Waals surface area contributed by atoms with Crippen molar-refractivity contribution >= 4 is 43.2 Å². The first-order valence-corrected chi connectivity index (χ1v) is 7.70. The van der Waals surface area contributed by atoms with Crippen molar-refractivity contribution in [2.75, 3.05) is 6.54 Å². The second-order valence-electron chi connectivity index (χ2n) is 4.29. The summed E-state index contributed by atoms with van der Waals surface area (Å²) in [4.78, 5) is 1.39. The molecule has 4 heteroatoms. The molecule has 0 aliphatic heterocycles. The molecule has 2 rings (SSSR count). The Morgan fingerprint density at radius 2 is 2.20 bits per heavy atom. The molecule has 1 aromatic rings. The fraction of sp³-hybridized carbons (Fsp3) is 0.636. The van der Waals surface area contributed by atoms with Gasteiger partial charge in [0.1, 0.15) is 0 Å². The number of hydrogen-bond acceptors (Lipinski definition) is 2. The van der Waals surface area contributed by atoms with Gasteiger partial charge in [0.05, 0.1) is 3.79 Å². The third kappa shape index (κ3) is 3.05. The Labute approximate surface area is 112 Å². The van der Waals surface area contributed by atoms with Gasteiger partial charge in [0.15, 0.2) is 0 Å². The molecular weight excluding hydrogens is 338 g/mol. The second kappa shape index (κ2) is 4.86. The minimum Gasteiger partial charge on any atom is -0.311 e. The fourth-order valence-corrected chi connectivity index (χ4v) is 3.91. The molecule has 0 saturated heterocycles. The highest BCUT2D eigenvalue weighted by Gasteiger charge is 2.39. The van der Waals surface area contributed by atoms with E-state index in [1.807, 2.05) is 0 Å². The molecule has 1 aliphatic rings. The predicted molar refractivity (Wildman–Crippen MR) is 73.4 cm³/mol. The van der Waals surface area contributed by atoms with E-state index in [0.29, 0.717) is 5.41 Å². The van der Waals surface area contributed by atoms with E-state index in [1.165, 1.54) is 38.9 Å². The predicted octanol–water partition coefficient (Wildman–Crippen LogP) is 4.55. The van der Waals surface area contributed by atoms with Crippen molar-refractivity contribution in [3.05, 3.63) is 19.2 Å². The number of hydrogen-bond donors (Lipinski definition) is 1. The van der Waals surface area contributed by atoms with Crippen LogP contribution in [0, 0.1) is 5.41 Å². The van der Waals surface area contributed by atoms with Gasteiger partial charge >= 0.3 is 0 Å². The van der Waals surface area contributed by atoms with Crippen molar-refractivity contribution < 1.29 is 0 Å². The SMILES string of the molecule is CCC1(CNCc2cc(Br)c(Br)s2)CC1. The molecule has 0 amide bonds. The van der Waals surface area contributed by atoms with Crippen LogP contribution in [0.15, 0.2) is 14.3 Å². The van der Waals surface area contributed by atoms with Crippen LogP contribution in [0.5, 0.6) is 0 Å². The van der Waals surface area contributed by atoms with Crippen molar-refractivity contribution in [3.63, 3.8) is 0 Å². The Kier molecular flexibility index (Phi) is 3.92. The van der Waals surface area contributed by atoms with E-state index in [2.05, 4.69) is 50.2 Å². The molecule has 0 spiro atoms. The van der Waals surface area contributed by atoms with Gasteiger partial charge in [-0.2, -0.15) is 0 Å². The lowest BCUT2D eigenvalue weighted by Crippen LogP contribution is -2.22. The Morgan fingerprint density at radius 3 is 2.67 bits per heavy atom. The first-order chi connectivity index (χ1) is 7.15. The maximum atomic E-state index is 3.56. The summed E-state index contributed by atoms with van der Waals surface area (Å²) in [5.74, 6) is 0. The molecule has 0 atom stereocenters. The lowest BCUT2D eigenvalue weighted by molar-refractivity contribution is 0.444. The summed E-state index contributed by atoms with van der Waals surface area (Å²) >= 11 is 8.83. The van der Waals surface area contributed by atoms with Crippen LogP contribution in [0.1, 0.15) is 31.1 Å². The topological polar surface area (TPSA) is 12.0 Å². The summed E-state index contributed by atoms with van der Waals surface area (Å²) in [6.45, 7) is 4.47. The first kappa shape index (κ1) is 12.1. The van der Waals surface area contributed by atoms with Crippen LogP contribution < -0.4 is 5.32 Å². The zero-order valence-electron chi connectivity index (χ0n) is 8.78. The summed E-state index contributed by atoms with van der Waals surface area (Å²) in [6, 6.07) is 2.19. The van der Waals surface area contributed by atoms with Gasteiger partial charge in [-0.05, 0) is 62.6 Å². The quantitative estimate of drug-likeness (QED) is 0.819. The molecule has 1 aliphatic carbocycles. The average molecular weight is 353 g/mol. The summed E-state index contributed by atoms with van der Waals surface area (Å²) in [5, 5.41) is 3.56. The fourth-order valence-electron chi connectivity index (χ4n) is 1.76. The molecule has 0 radical (unpaired) electrons. The highest BCUT2D eigenvalue weighted by molar-refractivity contribution is 9.13. The molecule has 15 heavy (non-hydrogen) atoms. The van der Waals surface area contributed by atoms with Crippen LogP contribution in [0.4, 0.5) is 0 Å². The Bertz CT molecular complexity index is 325. The Morgan fingerprint density at radius 1 is 1.47 bits per heavy atom. The third-order valence-corrected chi connectivity index (χ3v) is 6.46. The molecule has 1 nitrogen and oxygen atoms in total. The van der Waals surface area contributed by atoms with Crippen molar-refractivity contribution in [1.29, 1.82) is 0 Å². The van der Waals surface area contributed by atoms with Gasteiger partial charge in [0.25, 0.3) is 0 Å². The van der Waals surface area contributed by atoms with E-state index < -0.39 is 0 Å². The highest BCUT2D eigenvalue weighted by Crippen LogP contribution is 2.47. The average Bonchev–Trinajstić information content (AvgIpc) is 2.91. The number of halogens is 2. The van der Waals surface area contributed by atoms with Gasteiger partial charge in [-0.3, -0.25) is 0 Å². The lowest BCUT2D eigenvalue weighted by atomic mass is 10.0. The van der Waals surface area contributed by atoms with E-state index in [4.69, 9.17) is 0 Å². The van der Waals surface area contributed by atoms with Crippen LogP contribution in [-0.4, -0.2) is 6.54 Å². The van der Waals surface area contributed by atoms with E-state index in [9.17, 15) is 0 Å². The second-order valence-corrected chi connectivity index (χ2v) is 7.60. The molecule has 1 fully saturated rings. The first-order valence-electron chi connectivity index (χ1n) is 5.30. The molecule has 1 saturated carbocycles. The molecule has 0 bridgehead atoms. The van der Waals surface area contributed by atoms with Crippen LogP contribution in [0.3, 0.4) is 0 Å². The minimum atomic E-state index is 0.645. The zero-order valence-corrected chi connectivity index (χ0v) is 12.8. The highest BCUT2D eigenvalue weighted by atomic mass is 79.9. The molecule has 84 valence electrons. The standard InChI is InChI=1S/C11H15Br2NS/c1-2-11(3-4-11)7-14-6-8-5-9(12)10(13)15-8/h5,14H,2-4,6-7H2,1H3. The van der Waals surface area contributed by atoms with E-state index >= 15 is 0 Å². The van der Waals surface area contributed by atoms with Crippen LogP contribution in [-0.2, 0) is 6.54 Å². The normalized spacial score (nSPS) is 18.1. The Balaban J connectivity index is 1.78. The minimum absolute atomic E-state index is 0.645.